The van der Waals surface area contributed by atoms with Gasteiger partial charge >= 0.3 is 0 Å². The molecule has 1 N–H and O–H groups in total. The van der Waals surface area contributed by atoms with Crippen LogP contribution < -0.4 is 5.32 Å². The highest BCUT2D eigenvalue weighted by Crippen LogP contribution is 2.24. The second kappa shape index (κ2) is 8.49. The zero-order valence-corrected chi connectivity index (χ0v) is 15.6. The molecule has 2 aromatic rings. The van der Waals surface area contributed by atoms with E-state index in [1.54, 1.807) is 11.0 Å². The first-order valence-electron chi connectivity index (χ1n) is 9.50. The van der Waals surface area contributed by atoms with Crippen molar-refractivity contribution in [2.24, 2.45) is 0 Å². The third-order valence-electron chi connectivity index (χ3n) is 5.21. The van der Waals surface area contributed by atoms with Crippen molar-refractivity contribution in [2.45, 2.75) is 18.7 Å². The number of nitrogens with one attached hydrogen (secondary N) is 1. The highest BCUT2D eigenvalue weighted by atomic mass is 16.5. The van der Waals surface area contributed by atoms with Gasteiger partial charge in [0.05, 0.1) is 12.6 Å². The molecular formula is C19H24N6O3. The molecule has 9 heteroatoms. The summed E-state index contributed by atoms with van der Waals surface area (Å²) >= 11 is 0. The van der Waals surface area contributed by atoms with Crippen LogP contribution in [0.5, 0.6) is 0 Å². The number of aromatic nitrogens is 3. The molecule has 2 atom stereocenters. The van der Waals surface area contributed by atoms with Crippen molar-refractivity contribution in [3.05, 3.63) is 48.5 Å². The number of hydrogen-bond acceptors (Lipinski definition) is 6. The average Bonchev–Trinajstić information content (AvgIpc) is 3.26. The Kier molecular flexibility index (Phi) is 5.63. The lowest BCUT2D eigenvalue weighted by Gasteiger charge is -2.39. The summed E-state index contributed by atoms with van der Waals surface area (Å²) in [5.41, 5.74) is 0.875. The van der Waals surface area contributed by atoms with Crippen LogP contribution in [0, 0.1) is 0 Å². The highest BCUT2D eigenvalue weighted by Gasteiger charge is 2.39. The Morgan fingerprint density at radius 1 is 1.14 bits per heavy atom. The van der Waals surface area contributed by atoms with Crippen LogP contribution >= 0.6 is 0 Å². The first-order valence-corrected chi connectivity index (χ1v) is 9.50. The van der Waals surface area contributed by atoms with Gasteiger partial charge in [-0.1, -0.05) is 30.3 Å². The van der Waals surface area contributed by atoms with E-state index in [-0.39, 0.29) is 18.4 Å². The monoisotopic (exact) mass is 384 g/mol. The van der Waals surface area contributed by atoms with Crippen LogP contribution in [0.25, 0.3) is 0 Å². The standard InChI is InChI=1S/C19H24N6O3/c26-16-12-28-18(17(22-16)15-4-2-1-3-5-15)19(27)24-9-6-23(7-10-24)8-11-25-14-20-13-21-25/h1-5,13-14,17-18H,6-12H2,(H,22,26)/t17-,18+/m1/s1. The zero-order chi connectivity index (χ0) is 19.3. The lowest BCUT2D eigenvalue weighted by molar-refractivity contribution is -0.156. The first kappa shape index (κ1) is 18.6. The minimum atomic E-state index is -0.693. The summed E-state index contributed by atoms with van der Waals surface area (Å²) in [6, 6.07) is 9.05. The maximum Gasteiger partial charge on any atom is 0.254 e. The van der Waals surface area contributed by atoms with Gasteiger partial charge in [-0.25, -0.2) is 4.98 Å². The van der Waals surface area contributed by atoms with Gasteiger partial charge in [-0.05, 0) is 5.56 Å². The van der Waals surface area contributed by atoms with Gasteiger partial charge in [0.2, 0.25) is 5.91 Å². The minimum absolute atomic E-state index is 0.0650. The second-order valence-corrected chi connectivity index (χ2v) is 7.01. The SMILES string of the molecule is O=C1CO[C@H](C(=O)N2CCN(CCn3cncn3)CC2)[C@@H](c2ccccc2)N1. The maximum absolute atomic E-state index is 13.1. The van der Waals surface area contributed by atoms with E-state index in [4.69, 9.17) is 4.74 Å². The third kappa shape index (κ3) is 4.20. The van der Waals surface area contributed by atoms with Gasteiger partial charge < -0.3 is 15.0 Å². The number of piperazine rings is 1. The summed E-state index contributed by atoms with van der Waals surface area (Å²) in [6.45, 7) is 4.45. The summed E-state index contributed by atoms with van der Waals surface area (Å²) in [5.74, 6) is -0.263. The molecule has 2 aliphatic heterocycles. The Morgan fingerprint density at radius 3 is 2.64 bits per heavy atom. The van der Waals surface area contributed by atoms with Crippen LogP contribution in [0.4, 0.5) is 0 Å². The topological polar surface area (TPSA) is 92.6 Å². The molecule has 0 aliphatic carbocycles. The van der Waals surface area contributed by atoms with E-state index in [1.807, 2.05) is 35.2 Å². The van der Waals surface area contributed by atoms with Gasteiger partial charge in [-0.3, -0.25) is 19.2 Å². The minimum Gasteiger partial charge on any atom is -0.356 e. The predicted molar refractivity (Wildman–Crippen MR) is 100 cm³/mol. The number of nitrogens with zero attached hydrogens (tertiary/aromatic N) is 5. The molecule has 148 valence electrons. The number of carbonyl (C=O) groups is 2. The Hall–Kier alpha value is -2.78. The predicted octanol–water partition coefficient (Wildman–Crippen LogP) is -0.321. The number of amides is 2. The number of hydrogen-bond donors (Lipinski definition) is 1. The number of carbonyl (C=O) groups excluding carboxylic acids is 2. The molecule has 0 saturated carbocycles. The van der Waals surface area contributed by atoms with Crippen molar-refractivity contribution >= 4 is 11.8 Å². The fraction of sp³-hybridized carbons (Fsp3) is 0.474. The molecule has 4 rings (SSSR count). The van der Waals surface area contributed by atoms with E-state index in [1.165, 1.54) is 6.33 Å². The molecule has 0 unspecified atom stereocenters. The van der Waals surface area contributed by atoms with Crippen LogP contribution in [-0.4, -0.2) is 81.8 Å². The number of benzene rings is 1. The van der Waals surface area contributed by atoms with Crippen molar-refractivity contribution in [3.8, 4) is 0 Å². The zero-order valence-electron chi connectivity index (χ0n) is 15.6. The Labute approximate surface area is 163 Å². The van der Waals surface area contributed by atoms with Crippen molar-refractivity contribution in [1.82, 2.24) is 29.9 Å². The molecule has 2 aliphatic rings. The molecule has 2 amide bonds. The Morgan fingerprint density at radius 2 is 1.93 bits per heavy atom. The third-order valence-corrected chi connectivity index (χ3v) is 5.21. The van der Waals surface area contributed by atoms with E-state index in [2.05, 4.69) is 20.3 Å². The lowest BCUT2D eigenvalue weighted by Crippen LogP contribution is -2.57. The summed E-state index contributed by atoms with van der Waals surface area (Å²) in [5, 5.41) is 7.02. The molecule has 0 radical (unpaired) electrons. The molecule has 9 nitrogen and oxygen atoms in total. The number of rotatable bonds is 5. The fourth-order valence-corrected chi connectivity index (χ4v) is 3.65. The van der Waals surface area contributed by atoms with Crippen LogP contribution in [0.15, 0.2) is 43.0 Å². The van der Waals surface area contributed by atoms with Gasteiger partial charge in [0, 0.05) is 32.7 Å². The van der Waals surface area contributed by atoms with Gasteiger partial charge in [0.15, 0.2) is 6.10 Å². The largest absolute Gasteiger partial charge is 0.356 e. The maximum atomic E-state index is 13.1. The van der Waals surface area contributed by atoms with Crippen molar-refractivity contribution in [1.29, 1.82) is 0 Å². The molecule has 0 spiro atoms. The molecule has 0 bridgehead atoms. The molecule has 28 heavy (non-hydrogen) atoms. The molecule has 1 aromatic carbocycles. The van der Waals surface area contributed by atoms with Crippen molar-refractivity contribution in [2.75, 3.05) is 39.3 Å². The molecule has 2 fully saturated rings. The quantitative estimate of drug-likeness (QED) is 0.760. The molecule has 1 aromatic heterocycles. The van der Waals surface area contributed by atoms with Crippen LogP contribution in [0.2, 0.25) is 0 Å². The van der Waals surface area contributed by atoms with Crippen LogP contribution in [0.1, 0.15) is 11.6 Å². The summed E-state index contributed by atoms with van der Waals surface area (Å²) < 4.78 is 7.47. The van der Waals surface area contributed by atoms with Gasteiger partial charge in [-0.15, -0.1) is 0 Å². The van der Waals surface area contributed by atoms with E-state index in [9.17, 15) is 9.59 Å². The fourth-order valence-electron chi connectivity index (χ4n) is 3.65. The van der Waals surface area contributed by atoms with E-state index < -0.39 is 12.1 Å². The average molecular weight is 384 g/mol. The van der Waals surface area contributed by atoms with Gasteiger partial charge in [0.1, 0.15) is 19.3 Å². The second-order valence-electron chi connectivity index (χ2n) is 7.01. The smallest absolute Gasteiger partial charge is 0.254 e. The van der Waals surface area contributed by atoms with Crippen LogP contribution in [-0.2, 0) is 20.9 Å². The Balaban J connectivity index is 1.35. The van der Waals surface area contributed by atoms with Gasteiger partial charge in [0.25, 0.3) is 5.91 Å². The Bertz CT molecular complexity index is 789. The van der Waals surface area contributed by atoms with Crippen LogP contribution in [0.3, 0.4) is 0 Å². The van der Waals surface area contributed by atoms with E-state index >= 15 is 0 Å². The number of ether oxygens (including phenoxy) is 1. The van der Waals surface area contributed by atoms with E-state index in [0.29, 0.717) is 13.1 Å². The summed E-state index contributed by atoms with van der Waals surface area (Å²) in [4.78, 5) is 33.0. The molecule has 2 saturated heterocycles. The summed E-state index contributed by atoms with van der Waals surface area (Å²) in [7, 11) is 0. The van der Waals surface area contributed by atoms with Crippen molar-refractivity contribution in [3.63, 3.8) is 0 Å². The molecule has 3 heterocycles. The highest BCUT2D eigenvalue weighted by molar-refractivity contribution is 5.86. The first-order chi connectivity index (χ1) is 13.7. The van der Waals surface area contributed by atoms with Crippen molar-refractivity contribution < 1.29 is 14.3 Å². The van der Waals surface area contributed by atoms with E-state index in [0.717, 1.165) is 31.7 Å². The molecular weight excluding hydrogens is 360 g/mol. The van der Waals surface area contributed by atoms with Gasteiger partial charge in [-0.2, -0.15) is 5.10 Å². The lowest BCUT2D eigenvalue weighted by atomic mass is 9.98. The normalized spacial score (nSPS) is 23.4. The summed E-state index contributed by atoms with van der Waals surface area (Å²) in [6.07, 6.45) is 2.54. The number of morpholine rings is 1.